The Morgan fingerprint density at radius 3 is 2.22 bits per heavy atom. The van der Waals surface area contributed by atoms with Gasteiger partial charge in [0.15, 0.2) is 0 Å². The number of aliphatic hydroxyl groups excluding tert-OH is 2. The molecule has 0 aliphatic carbocycles. The maximum Gasteiger partial charge on any atom is 0.105 e. The van der Waals surface area contributed by atoms with Gasteiger partial charge in [-0.15, -0.1) is 0 Å². The monoisotopic (exact) mass is 249 g/mol. The van der Waals surface area contributed by atoms with Crippen molar-refractivity contribution in [3.63, 3.8) is 0 Å². The van der Waals surface area contributed by atoms with Crippen LogP contribution in [0.5, 0.6) is 0 Å². The lowest BCUT2D eigenvalue weighted by atomic mass is 9.97. The third-order valence-electron chi connectivity index (χ3n) is 2.90. The van der Waals surface area contributed by atoms with E-state index in [1.807, 2.05) is 24.3 Å². The second kappa shape index (κ2) is 7.01. The van der Waals surface area contributed by atoms with Gasteiger partial charge in [-0.05, 0) is 29.0 Å². The second-order valence-electron chi connectivity index (χ2n) is 4.58. The summed E-state index contributed by atoms with van der Waals surface area (Å²) in [7, 11) is 0. The number of aliphatic hydroxyl groups is 2. The molecule has 0 heterocycles. The summed E-state index contributed by atoms with van der Waals surface area (Å²) in [5, 5.41) is 23.0. The molecule has 1 aromatic carbocycles. The van der Waals surface area contributed by atoms with Crippen LogP contribution in [-0.4, -0.2) is 22.9 Å². The molecule has 5 nitrogen and oxygen atoms in total. The van der Waals surface area contributed by atoms with E-state index in [0.29, 0.717) is 11.5 Å². The van der Waals surface area contributed by atoms with Crippen molar-refractivity contribution in [2.75, 3.05) is 6.54 Å². The number of hydrogen-bond donors (Lipinski definition) is 2. The van der Waals surface area contributed by atoms with Crippen LogP contribution in [0.4, 0.5) is 0 Å². The van der Waals surface area contributed by atoms with Gasteiger partial charge >= 0.3 is 0 Å². The zero-order valence-corrected chi connectivity index (χ0v) is 10.7. The summed E-state index contributed by atoms with van der Waals surface area (Å²) in [4.78, 5) is 2.60. The molecule has 0 spiro atoms. The van der Waals surface area contributed by atoms with E-state index in [4.69, 9.17) is 5.53 Å². The SMILES string of the molecule is CC(C)c1ccc(C(O)C(O)CCN=[N+]=[N-])cc1. The first kappa shape index (κ1) is 14.5. The van der Waals surface area contributed by atoms with Crippen molar-refractivity contribution in [1.29, 1.82) is 0 Å². The zero-order chi connectivity index (χ0) is 13.5. The van der Waals surface area contributed by atoms with Crippen LogP contribution in [0.15, 0.2) is 29.4 Å². The largest absolute Gasteiger partial charge is 0.390 e. The molecule has 1 rings (SSSR count). The normalized spacial score (nSPS) is 14.1. The smallest absolute Gasteiger partial charge is 0.105 e. The van der Waals surface area contributed by atoms with Gasteiger partial charge in [-0.2, -0.15) is 0 Å². The number of rotatable bonds is 6. The maximum atomic E-state index is 9.93. The lowest BCUT2D eigenvalue weighted by Gasteiger charge is -2.18. The quantitative estimate of drug-likeness (QED) is 0.461. The fourth-order valence-electron chi connectivity index (χ4n) is 1.69. The minimum atomic E-state index is -0.944. The van der Waals surface area contributed by atoms with Gasteiger partial charge in [-0.1, -0.05) is 43.2 Å². The number of benzene rings is 1. The van der Waals surface area contributed by atoms with Crippen molar-refractivity contribution in [3.05, 3.63) is 45.8 Å². The molecule has 0 aliphatic rings. The van der Waals surface area contributed by atoms with E-state index in [1.165, 1.54) is 5.56 Å². The van der Waals surface area contributed by atoms with Crippen LogP contribution in [0, 0.1) is 0 Å². The van der Waals surface area contributed by atoms with Crippen molar-refractivity contribution in [3.8, 4) is 0 Å². The first-order chi connectivity index (χ1) is 8.56. The molecule has 0 fully saturated rings. The molecule has 1 aromatic rings. The molecule has 0 amide bonds. The molecule has 0 saturated heterocycles. The molecular weight excluding hydrogens is 230 g/mol. The van der Waals surface area contributed by atoms with Crippen LogP contribution in [0.1, 0.15) is 43.4 Å². The third kappa shape index (κ3) is 4.04. The van der Waals surface area contributed by atoms with Crippen LogP contribution in [0.3, 0.4) is 0 Å². The third-order valence-corrected chi connectivity index (χ3v) is 2.90. The molecule has 2 unspecified atom stereocenters. The van der Waals surface area contributed by atoms with Gasteiger partial charge in [0.05, 0.1) is 6.10 Å². The topological polar surface area (TPSA) is 89.2 Å². The highest BCUT2D eigenvalue weighted by atomic mass is 16.3. The highest BCUT2D eigenvalue weighted by Crippen LogP contribution is 2.22. The Labute approximate surface area is 107 Å². The van der Waals surface area contributed by atoms with Crippen molar-refractivity contribution in [2.24, 2.45) is 5.11 Å². The van der Waals surface area contributed by atoms with Crippen LogP contribution >= 0.6 is 0 Å². The molecule has 2 N–H and O–H groups in total. The Morgan fingerprint density at radius 2 is 1.72 bits per heavy atom. The molecule has 2 atom stereocenters. The zero-order valence-electron chi connectivity index (χ0n) is 10.7. The number of azide groups is 1. The van der Waals surface area contributed by atoms with Crippen LogP contribution in [0.25, 0.3) is 10.4 Å². The summed E-state index contributed by atoms with van der Waals surface area (Å²) in [6.45, 7) is 4.37. The highest BCUT2D eigenvalue weighted by molar-refractivity contribution is 5.26. The molecular formula is C13H19N3O2. The first-order valence-corrected chi connectivity index (χ1v) is 6.03. The number of nitrogens with zero attached hydrogens (tertiary/aromatic N) is 3. The van der Waals surface area contributed by atoms with E-state index in [2.05, 4.69) is 23.9 Å². The Hall–Kier alpha value is -1.55. The Balaban J connectivity index is 2.65. The van der Waals surface area contributed by atoms with Gasteiger partial charge in [0.1, 0.15) is 6.10 Å². The van der Waals surface area contributed by atoms with Crippen molar-refractivity contribution in [1.82, 2.24) is 0 Å². The van der Waals surface area contributed by atoms with E-state index in [-0.39, 0.29) is 13.0 Å². The predicted octanol–water partition coefficient (Wildman–Crippen LogP) is 2.90. The van der Waals surface area contributed by atoms with Crippen molar-refractivity contribution < 1.29 is 10.2 Å². The van der Waals surface area contributed by atoms with E-state index in [0.717, 1.165) is 0 Å². The van der Waals surface area contributed by atoms with Gasteiger partial charge < -0.3 is 10.2 Å². The summed E-state index contributed by atoms with van der Waals surface area (Å²) >= 11 is 0. The average molecular weight is 249 g/mol. The summed E-state index contributed by atoms with van der Waals surface area (Å²) < 4.78 is 0. The molecule has 98 valence electrons. The van der Waals surface area contributed by atoms with Crippen molar-refractivity contribution in [2.45, 2.75) is 38.4 Å². The fourth-order valence-corrected chi connectivity index (χ4v) is 1.69. The molecule has 0 aliphatic heterocycles. The fraction of sp³-hybridized carbons (Fsp3) is 0.538. The summed E-state index contributed by atoms with van der Waals surface area (Å²) in [6.07, 6.45) is -1.61. The summed E-state index contributed by atoms with van der Waals surface area (Å²) in [5.74, 6) is 0.436. The van der Waals surface area contributed by atoms with E-state index < -0.39 is 12.2 Å². The average Bonchev–Trinajstić information content (AvgIpc) is 2.38. The molecule has 0 radical (unpaired) electrons. The predicted molar refractivity (Wildman–Crippen MR) is 70.1 cm³/mol. The Bertz CT molecular complexity index is 411. The highest BCUT2D eigenvalue weighted by Gasteiger charge is 2.17. The van der Waals surface area contributed by atoms with Gasteiger partial charge in [0.2, 0.25) is 0 Å². The van der Waals surface area contributed by atoms with E-state index in [1.54, 1.807) is 0 Å². The van der Waals surface area contributed by atoms with Crippen LogP contribution in [-0.2, 0) is 0 Å². The lowest BCUT2D eigenvalue weighted by Crippen LogP contribution is -2.19. The Morgan fingerprint density at radius 1 is 1.17 bits per heavy atom. The summed E-state index contributed by atoms with van der Waals surface area (Å²) in [6, 6.07) is 7.53. The van der Waals surface area contributed by atoms with E-state index in [9.17, 15) is 10.2 Å². The maximum absolute atomic E-state index is 9.93. The minimum Gasteiger partial charge on any atom is -0.390 e. The molecule has 18 heavy (non-hydrogen) atoms. The summed E-state index contributed by atoms with van der Waals surface area (Å²) in [5.41, 5.74) is 9.99. The molecule has 5 heteroatoms. The van der Waals surface area contributed by atoms with Crippen molar-refractivity contribution >= 4 is 0 Å². The van der Waals surface area contributed by atoms with Gasteiger partial charge in [-0.25, -0.2) is 0 Å². The first-order valence-electron chi connectivity index (χ1n) is 6.03. The van der Waals surface area contributed by atoms with Gasteiger partial charge in [-0.3, -0.25) is 0 Å². The van der Waals surface area contributed by atoms with Crippen LogP contribution < -0.4 is 0 Å². The second-order valence-corrected chi connectivity index (χ2v) is 4.58. The molecule has 0 bridgehead atoms. The Kier molecular flexibility index (Phi) is 5.65. The van der Waals surface area contributed by atoms with Gasteiger partial charge in [0.25, 0.3) is 0 Å². The van der Waals surface area contributed by atoms with E-state index >= 15 is 0 Å². The molecule has 0 aromatic heterocycles. The molecule has 0 saturated carbocycles. The number of hydrogen-bond acceptors (Lipinski definition) is 3. The van der Waals surface area contributed by atoms with Gasteiger partial charge in [0, 0.05) is 11.5 Å². The lowest BCUT2D eigenvalue weighted by molar-refractivity contribution is 0.0150. The van der Waals surface area contributed by atoms with Crippen LogP contribution in [0.2, 0.25) is 0 Å². The standard InChI is InChI=1S/C13H19N3O2/c1-9(2)10-3-5-11(6-4-10)13(18)12(17)7-8-15-16-14/h3-6,9,12-13,17-18H,7-8H2,1-2H3. The minimum absolute atomic E-state index is 0.179.